The monoisotopic (exact) mass is 184 g/mol. The second-order valence-corrected chi connectivity index (χ2v) is 3.02. The van der Waals surface area contributed by atoms with Crippen LogP contribution in [0.3, 0.4) is 0 Å². The summed E-state index contributed by atoms with van der Waals surface area (Å²) in [4.78, 5) is 35.1. The van der Waals surface area contributed by atoms with Gasteiger partial charge >= 0.3 is 17.8 Å². The number of amides is 4. The normalized spacial score (nSPS) is 27.5. The number of epoxide rings is 1. The van der Waals surface area contributed by atoms with E-state index in [4.69, 9.17) is 4.74 Å². The molecule has 0 aromatic heterocycles. The second-order valence-electron chi connectivity index (χ2n) is 3.02. The quantitative estimate of drug-likeness (QED) is 0.307. The van der Waals surface area contributed by atoms with Gasteiger partial charge in [-0.3, -0.25) is 19.4 Å². The number of imide groups is 2. The number of carbonyl (C=O) groups excluding carboxylic acids is 3. The predicted octanol–water partition coefficient (Wildman–Crippen LogP) is -1.19. The number of nitrogens with zero attached hydrogens (tertiary/aromatic N) is 2. The van der Waals surface area contributed by atoms with Gasteiger partial charge in [-0.25, -0.2) is 4.79 Å². The van der Waals surface area contributed by atoms with Gasteiger partial charge in [-0.2, -0.15) is 0 Å². The summed E-state index contributed by atoms with van der Waals surface area (Å²) < 4.78 is 4.86. The van der Waals surface area contributed by atoms with Crippen LogP contribution in [0, 0.1) is 0 Å². The fourth-order valence-electron chi connectivity index (χ4n) is 1.15. The van der Waals surface area contributed by atoms with Crippen molar-refractivity contribution in [2.24, 2.45) is 0 Å². The number of likely N-dealkylation sites (N-methyl/N-ethyl adjacent to an activating group) is 1. The second kappa shape index (κ2) is 2.53. The maximum absolute atomic E-state index is 11.2. The van der Waals surface area contributed by atoms with Crippen LogP contribution in [0.4, 0.5) is 4.79 Å². The third kappa shape index (κ3) is 1.19. The molecule has 2 fully saturated rings. The van der Waals surface area contributed by atoms with E-state index < -0.39 is 17.8 Å². The largest absolute Gasteiger partial charge is 0.371 e. The summed E-state index contributed by atoms with van der Waals surface area (Å²) in [6.45, 7) is 0.739. The van der Waals surface area contributed by atoms with E-state index in [2.05, 4.69) is 0 Å². The zero-order valence-electron chi connectivity index (χ0n) is 7.02. The Kier molecular flexibility index (Phi) is 1.59. The van der Waals surface area contributed by atoms with E-state index >= 15 is 0 Å². The molecule has 6 nitrogen and oxygen atoms in total. The van der Waals surface area contributed by atoms with E-state index in [0.717, 1.165) is 9.80 Å². The molecule has 13 heavy (non-hydrogen) atoms. The molecule has 0 aromatic carbocycles. The molecule has 4 amide bonds. The lowest BCUT2D eigenvalue weighted by atomic mass is 10.4. The molecule has 2 rings (SSSR count). The van der Waals surface area contributed by atoms with Crippen LogP contribution in [0.5, 0.6) is 0 Å². The highest BCUT2D eigenvalue weighted by molar-refractivity contribution is 6.44. The molecule has 0 unspecified atom stereocenters. The van der Waals surface area contributed by atoms with Gasteiger partial charge in [-0.1, -0.05) is 0 Å². The van der Waals surface area contributed by atoms with E-state index in [1.165, 1.54) is 7.05 Å². The zero-order chi connectivity index (χ0) is 9.59. The van der Waals surface area contributed by atoms with E-state index in [0.29, 0.717) is 6.61 Å². The van der Waals surface area contributed by atoms with Crippen molar-refractivity contribution in [1.82, 2.24) is 9.80 Å². The van der Waals surface area contributed by atoms with Gasteiger partial charge in [-0.05, 0) is 0 Å². The molecular weight excluding hydrogens is 176 g/mol. The van der Waals surface area contributed by atoms with Crippen LogP contribution >= 0.6 is 0 Å². The Morgan fingerprint density at radius 1 is 1.38 bits per heavy atom. The summed E-state index contributed by atoms with van der Waals surface area (Å²) in [5, 5.41) is 0. The van der Waals surface area contributed by atoms with Crippen molar-refractivity contribution in [3.63, 3.8) is 0 Å². The van der Waals surface area contributed by atoms with E-state index in [9.17, 15) is 14.4 Å². The number of hydrogen-bond donors (Lipinski definition) is 0. The van der Waals surface area contributed by atoms with Crippen LogP contribution in [0.25, 0.3) is 0 Å². The lowest BCUT2D eigenvalue weighted by molar-refractivity contribution is -0.142. The predicted molar refractivity (Wildman–Crippen MR) is 39.6 cm³/mol. The zero-order valence-corrected chi connectivity index (χ0v) is 7.02. The van der Waals surface area contributed by atoms with Crippen molar-refractivity contribution in [1.29, 1.82) is 0 Å². The fraction of sp³-hybridized carbons (Fsp3) is 0.571. The maximum atomic E-state index is 11.2. The average molecular weight is 184 g/mol. The highest BCUT2D eigenvalue weighted by Crippen LogP contribution is 2.16. The van der Waals surface area contributed by atoms with Crippen LogP contribution < -0.4 is 0 Å². The number of rotatable bonds is 2. The van der Waals surface area contributed by atoms with Crippen LogP contribution in [0.15, 0.2) is 0 Å². The third-order valence-corrected chi connectivity index (χ3v) is 2.04. The van der Waals surface area contributed by atoms with Crippen molar-refractivity contribution >= 4 is 17.8 Å². The molecule has 0 aliphatic carbocycles. The summed E-state index contributed by atoms with van der Waals surface area (Å²) in [5.74, 6) is -1.53. The molecule has 0 aromatic rings. The first-order chi connectivity index (χ1) is 6.11. The minimum Gasteiger partial charge on any atom is -0.371 e. The van der Waals surface area contributed by atoms with E-state index in [1.54, 1.807) is 0 Å². The number of carbonyl (C=O) groups is 3. The summed E-state index contributed by atoms with van der Waals surface area (Å²) >= 11 is 0. The fourth-order valence-corrected chi connectivity index (χ4v) is 1.15. The number of ether oxygens (including phenoxy) is 1. The Bertz CT molecular complexity index is 297. The molecule has 6 heteroatoms. The molecule has 0 bridgehead atoms. The Morgan fingerprint density at radius 3 is 2.38 bits per heavy atom. The van der Waals surface area contributed by atoms with Gasteiger partial charge in [0.25, 0.3) is 0 Å². The Hall–Kier alpha value is -1.43. The molecular formula is C7H8N2O4. The highest BCUT2D eigenvalue weighted by Gasteiger charge is 2.44. The lowest BCUT2D eigenvalue weighted by Gasteiger charge is -2.09. The van der Waals surface area contributed by atoms with Gasteiger partial charge in [0, 0.05) is 7.05 Å². The third-order valence-electron chi connectivity index (χ3n) is 2.04. The van der Waals surface area contributed by atoms with Gasteiger partial charge in [-0.15, -0.1) is 0 Å². The summed E-state index contributed by atoms with van der Waals surface area (Å²) in [7, 11) is 1.29. The molecule has 70 valence electrons. The van der Waals surface area contributed by atoms with Crippen molar-refractivity contribution in [2.45, 2.75) is 6.10 Å². The van der Waals surface area contributed by atoms with Gasteiger partial charge in [0.15, 0.2) is 0 Å². The first kappa shape index (κ1) is 8.18. The molecule has 2 saturated heterocycles. The first-order valence-electron chi connectivity index (χ1n) is 3.86. The smallest absolute Gasteiger partial charge is 0.334 e. The summed E-state index contributed by atoms with van der Waals surface area (Å²) in [5.41, 5.74) is 0. The van der Waals surface area contributed by atoms with Crippen molar-refractivity contribution in [3.8, 4) is 0 Å². The molecule has 2 heterocycles. The maximum Gasteiger partial charge on any atom is 0.334 e. The van der Waals surface area contributed by atoms with Gasteiger partial charge < -0.3 is 4.74 Å². The molecule has 0 radical (unpaired) electrons. The topological polar surface area (TPSA) is 70.2 Å². The van der Waals surface area contributed by atoms with Crippen LogP contribution in [-0.2, 0) is 14.3 Å². The Balaban J connectivity index is 2.13. The number of urea groups is 1. The van der Waals surface area contributed by atoms with Crippen LogP contribution in [0.1, 0.15) is 0 Å². The van der Waals surface area contributed by atoms with Crippen molar-refractivity contribution in [2.75, 3.05) is 20.2 Å². The molecule has 2 aliphatic heterocycles. The summed E-state index contributed by atoms with van der Waals surface area (Å²) in [6.07, 6.45) is -0.0767. The van der Waals surface area contributed by atoms with Gasteiger partial charge in [0.05, 0.1) is 19.3 Å². The molecule has 2 aliphatic rings. The van der Waals surface area contributed by atoms with Crippen molar-refractivity contribution in [3.05, 3.63) is 0 Å². The molecule has 1 atom stereocenters. The van der Waals surface area contributed by atoms with E-state index in [-0.39, 0.29) is 12.6 Å². The molecule has 0 spiro atoms. The standard InChI is InChI=1S/C7H8N2O4/c1-8-5(10)6(11)9(7(8)12)2-4-3-13-4/h4H,2-3H2,1H3/t4-/m1/s1. The minimum atomic E-state index is -0.773. The number of hydrogen-bond acceptors (Lipinski definition) is 4. The molecule has 0 N–H and O–H groups in total. The Morgan fingerprint density at radius 2 is 2.00 bits per heavy atom. The first-order valence-corrected chi connectivity index (χ1v) is 3.86. The summed E-state index contributed by atoms with van der Waals surface area (Å²) in [6, 6.07) is -0.564. The van der Waals surface area contributed by atoms with Crippen LogP contribution in [0.2, 0.25) is 0 Å². The minimum absolute atomic E-state index is 0.0767. The van der Waals surface area contributed by atoms with E-state index in [1.807, 2.05) is 0 Å². The lowest BCUT2D eigenvalue weighted by Crippen LogP contribution is -2.34. The SMILES string of the molecule is CN1C(=O)C(=O)N(C[C@@H]2CO2)C1=O. The van der Waals surface area contributed by atoms with Gasteiger partial charge in [0.1, 0.15) is 0 Å². The molecule has 0 saturated carbocycles. The highest BCUT2D eigenvalue weighted by atomic mass is 16.6. The average Bonchev–Trinajstić information content (AvgIpc) is 2.89. The Labute approximate surface area is 74.0 Å². The van der Waals surface area contributed by atoms with Gasteiger partial charge in [0.2, 0.25) is 0 Å². The van der Waals surface area contributed by atoms with Crippen molar-refractivity contribution < 1.29 is 19.1 Å². The van der Waals surface area contributed by atoms with Crippen LogP contribution in [-0.4, -0.2) is 53.9 Å².